The van der Waals surface area contributed by atoms with Crippen molar-refractivity contribution in [1.29, 1.82) is 0 Å². The summed E-state index contributed by atoms with van der Waals surface area (Å²) < 4.78 is 39.5. The Hall–Kier alpha value is -2.87. The van der Waals surface area contributed by atoms with Gasteiger partial charge in [0.15, 0.2) is 0 Å². The number of carbonyl (C=O) groups excluding carboxylic acids is 2. The summed E-state index contributed by atoms with van der Waals surface area (Å²) in [7, 11) is 0. The topological polar surface area (TPSA) is 59.0 Å². The highest BCUT2D eigenvalue weighted by Crippen LogP contribution is 2.62. The second-order valence-electron chi connectivity index (χ2n) is 8.73. The summed E-state index contributed by atoms with van der Waals surface area (Å²) in [5.41, 5.74) is 0.459. The second kappa shape index (κ2) is 6.57. The highest BCUT2D eigenvalue weighted by Gasteiger charge is 2.70. The van der Waals surface area contributed by atoms with Gasteiger partial charge in [-0.1, -0.05) is 41.0 Å². The first-order valence-electron chi connectivity index (χ1n) is 10.3. The van der Waals surface area contributed by atoms with Crippen molar-refractivity contribution in [1.82, 2.24) is 0 Å². The predicted molar refractivity (Wildman–Crippen MR) is 109 cm³/mol. The van der Waals surface area contributed by atoms with Crippen molar-refractivity contribution in [3.05, 3.63) is 64.7 Å². The van der Waals surface area contributed by atoms with Crippen LogP contribution in [0.4, 0.5) is 18.9 Å². The zero-order valence-electron chi connectivity index (χ0n) is 16.4. The molecule has 0 unspecified atom stereocenters. The van der Waals surface area contributed by atoms with Crippen molar-refractivity contribution in [2.75, 3.05) is 4.90 Å². The van der Waals surface area contributed by atoms with E-state index in [1.165, 1.54) is 12.1 Å². The minimum atomic E-state index is -4.57. The Kier molecular flexibility index (Phi) is 4.06. The van der Waals surface area contributed by atoms with E-state index in [0.29, 0.717) is 17.2 Å². The smallest absolute Gasteiger partial charge is 0.391 e. The molecule has 2 bridgehead atoms. The van der Waals surface area contributed by atoms with Crippen LogP contribution in [-0.4, -0.2) is 23.6 Å². The summed E-state index contributed by atoms with van der Waals surface area (Å²) in [6.07, 6.45) is -4.27. The van der Waals surface area contributed by atoms with Crippen LogP contribution in [0.3, 0.4) is 0 Å². The number of halogens is 4. The number of anilines is 1. The molecular formula is C23H16ClF3N2O3. The van der Waals surface area contributed by atoms with E-state index in [2.05, 4.69) is 5.16 Å². The maximum absolute atomic E-state index is 13.4. The molecule has 6 rings (SSSR count). The van der Waals surface area contributed by atoms with Crippen LogP contribution < -0.4 is 4.90 Å². The molecule has 2 saturated carbocycles. The van der Waals surface area contributed by atoms with E-state index >= 15 is 0 Å². The fourth-order valence-electron chi connectivity index (χ4n) is 6.09. The van der Waals surface area contributed by atoms with Crippen molar-refractivity contribution in [3.8, 4) is 0 Å². The summed E-state index contributed by atoms with van der Waals surface area (Å²) in [5.74, 6) is -2.69. The third-order valence-corrected chi connectivity index (χ3v) is 7.60. The number of carbonyl (C=O) groups is 2. The van der Waals surface area contributed by atoms with Gasteiger partial charge in [-0.05, 0) is 36.6 Å². The highest BCUT2D eigenvalue weighted by molar-refractivity contribution is 6.34. The molecule has 32 heavy (non-hydrogen) atoms. The molecule has 1 saturated heterocycles. The summed E-state index contributed by atoms with van der Waals surface area (Å²) in [5, 5.41) is 4.78. The minimum absolute atomic E-state index is 0.0466. The molecule has 164 valence electrons. The number of oxime groups is 1. The Morgan fingerprint density at radius 1 is 0.969 bits per heavy atom. The molecule has 0 radical (unpaired) electrons. The van der Waals surface area contributed by atoms with Gasteiger partial charge in [-0.25, -0.2) is 0 Å². The van der Waals surface area contributed by atoms with Crippen LogP contribution in [0.1, 0.15) is 17.5 Å². The van der Waals surface area contributed by atoms with E-state index in [9.17, 15) is 22.8 Å². The van der Waals surface area contributed by atoms with Crippen LogP contribution in [0, 0.1) is 29.6 Å². The van der Waals surface area contributed by atoms with Crippen LogP contribution in [0.2, 0.25) is 5.02 Å². The number of benzene rings is 2. The zero-order valence-corrected chi connectivity index (χ0v) is 17.2. The van der Waals surface area contributed by atoms with Crippen LogP contribution in [0.25, 0.3) is 0 Å². The number of rotatable bonds is 2. The van der Waals surface area contributed by atoms with E-state index in [1.54, 1.807) is 6.07 Å². The van der Waals surface area contributed by atoms with Crippen LogP contribution in [-0.2, 0) is 20.6 Å². The van der Waals surface area contributed by atoms with Crippen molar-refractivity contribution < 1.29 is 27.6 Å². The molecule has 2 heterocycles. The number of alkyl halides is 3. The van der Waals surface area contributed by atoms with Gasteiger partial charge in [0.2, 0.25) is 11.8 Å². The summed E-state index contributed by atoms with van der Waals surface area (Å²) in [6.45, 7) is 0. The van der Waals surface area contributed by atoms with Crippen molar-refractivity contribution in [3.63, 3.8) is 0 Å². The summed E-state index contributed by atoms with van der Waals surface area (Å²) in [4.78, 5) is 33.3. The molecular weight excluding hydrogens is 445 g/mol. The van der Waals surface area contributed by atoms with E-state index in [-0.39, 0.29) is 29.5 Å². The lowest BCUT2D eigenvalue weighted by atomic mass is 9.71. The molecule has 5 nitrogen and oxygen atoms in total. The molecule has 0 spiro atoms. The van der Waals surface area contributed by atoms with Crippen LogP contribution >= 0.6 is 11.6 Å². The average Bonchev–Trinajstić information content (AvgIpc) is 3.48. The largest absolute Gasteiger partial charge is 0.416 e. The quantitative estimate of drug-likeness (QED) is 0.618. The Labute approximate surface area is 185 Å². The maximum atomic E-state index is 13.4. The molecule has 3 fully saturated rings. The van der Waals surface area contributed by atoms with Gasteiger partial charge >= 0.3 is 6.18 Å². The number of fused-ring (bicyclic) bond motifs is 8. The van der Waals surface area contributed by atoms with E-state index in [4.69, 9.17) is 16.4 Å². The molecule has 0 aromatic heterocycles. The number of imide groups is 1. The zero-order chi connectivity index (χ0) is 22.4. The van der Waals surface area contributed by atoms with Crippen molar-refractivity contribution in [2.24, 2.45) is 34.7 Å². The molecule has 2 aliphatic carbocycles. The molecule has 2 aromatic carbocycles. The lowest BCUT2D eigenvalue weighted by Crippen LogP contribution is -2.41. The molecule has 2 aliphatic heterocycles. The number of amides is 2. The summed E-state index contributed by atoms with van der Waals surface area (Å²) >= 11 is 6.36. The third-order valence-electron chi connectivity index (χ3n) is 7.27. The fourth-order valence-corrected chi connectivity index (χ4v) is 6.33. The molecule has 4 aliphatic rings. The Morgan fingerprint density at radius 2 is 1.69 bits per heavy atom. The van der Waals surface area contributed by atoms with Gasteiger partial charge in [-0.3, -0.25) is 14.5 Å². The Bertz CT molecular complexity index is 1200. The van der Waals surface area contributed by atoms with Crippen LogP contribution in [0.15, 0.2) is 53.7 Å². The molecule has 2 amide bonds. The molecule has 6 atom stereocenters. The molecule has 9 heteroatoms. The monoisotopic (exact) mass is 460 g/mol. The lowest BCUT2D eigenvalue weighted by molar-refractivity contribution is -0.137. The second-order valence-corrected chi connectivity index (χ2v) is 9.13. The Balaban J connectivity index is 1.35. The molecule has 2 aromatic rings. The van der Waals surface area contributed by atoms with Gasteiger partial charge < -0.3 is 4.84 Å². The Morgan fingerprint density at radius 3 is 2.41 bits per heavy atom. The average molecular weight is 461 g/mol. The fraction of sp³-hybridized carbons (Fsp3) is 0.348. The SMILES string of the molecule is O=C1[C@@H]2[C@@H]3C[C@@H]([C@H]4ON=C(c5ccccc5Cl)[C@@H]34)[C@@H]2C(=O)N1c1cccc(C(F)(F)F)c1. The van der Waals surface area contributed by atoms with Gasteiger partial charge in [0.1, 0.15) is 6.10 Å². The first-order valence-corrected chi connectivity index (χ1v) is 10.7. The van der Waals surface area contributed by atoms with Crippen molar-refractivity contribution >= 4 is 34.8 Å². The van der Waals surface area contributed by atoms with Crippen molar-refractivity contribution in [2.45, 2.75) is 18.7 Å². The number of hydrogen-bond donors (Lipinski definition) is 0. The van der Waals surface area contributed by atoms with Gasteiger partial charge in [0, 0.05) is 22.4 Å². The first-order chi connectivity index (χ1) is 15.3. The normalized spacial score (nSPS) is 32.8. The van der Waals surface area contributed by atoms with Crippen LogP contribution in [0.5, 0.6) is 0 Å². The number of nitrogens with zero attached hydrogens (tertiary/aromatic N) is 2. The maximum Gasteiger partial charge on any atom is 0.416 e. The lowest BCUT2D eigenvalue weighted by Gasteiger charge is -2.30. The minimum Gasteiger partial charge on any atom is -0.391 e. The van der Waals surface area contributed by atoms with Gasteiger partial charge in [0.05, 0.1) is 28.8 Å². The summed E-state index contributed by atoms with van der Waals surface area (Å²) in [6, 6.07) is 11.6. The van der Waals surface area contributed by atoms with Gasteiger partial charge in [-0.2, -0.15) is 13.2 Å². The van der Waals surface area contributed by atoms with E-state index in [1.807, 2.05) is 18.2 Å². The third kappa shape index (κ3) is 2.56. The standard InChI is InChI=1S/C23H16ClF3N2O3/c24-15-7-2-1-6-12(15)19-18-13-9-14(20(18)32-28-19)17-16(13)21(30)29(22(17)31)11-5-3-4-10(8-11)23(25,26)27/h1-8,13-14,16-18,20H,9H2/t13-,14+,16+,17-,18+,20+/m0/s1. The highest BCUT2D eigenvalue weighted by atomic mass is 35.5. The van der Waals surface area contributed by atoms with E-state index < -0.39 is 35.4 Å². The predicted octanol–water partition coefficient (Wildman–Crippen LogP) is 4.53. The number of hydrogen-bond acceptors (Lipinski definition) is 4. The molecule has 0 N–H and O–H groups in total. The van der Waals surface area contributed by atoms with Gasteiger partial charge in [0.25, 0.3) is 0 Å². The van der Waals surface area contributed by atoms with E-state index in [0.717, 1.165) is 22.6 Å². The first kappa shape index (κ1) is 19.8. The van der Waals surface area contributed by atoms with Gasteiger partial charge in [-0.15, -0.1) is 0 Å².